The van der Waals surface area contributed by atoms with Crippen molar-refractivity contribution in [3.05, 3.63) is 89.6 Å². The summed E-state index contributed by atoms with van der Waals surface area (Å²) in [6.07, 6.45) is 0. The minimum absolute atomic E-state index is 0.144. The maximum absolute atomic E-state index is 14.4. The Kier molecular flexibility index (Phi) is 5.94. The highest BCUT2D eigenvalue weighted by Crippen LogP contribution is 2.29. The van der Waals surface area contributed by atoms with Crippen LogP contribution in [0.15, 0.2) is 76.3 Å². The molecule has 0 unspecified atom stereocenters. The molecule has 0 radical (unpaired) electrons. The molecule has 30 heavy (non-hydrogen) atoms. The number of hydrogen-bond acceptors (Lipinski definition) is 6. The van der Waals surface area contributed by atoms with Crippen LogP contribution in [0.4, 0.5) is 4.39 Å². The average molecular weight is 423 g/mol. The molecular weight excluding hydrogens is 405 g/mol. The fourth-order valence-electron chi connectivity index (χ4n) is 2.95. The van der Waals surface area contributed by atoms with E-state index in [9.17, 15) is 9.18 Å². The topological polar surface area (TPSA) is 70.2 Å². The number of thioether (sulfide) groups is 1. The van der Waals surface area contributed by atoms with Crippen LogP contribution in [0.25, 0.3) is 11.4 Å². The second-order valence-corrected chi connectivity index (χ2v) is 7.35. The molecule has 4 rings (SSSR count). The summed E-state index contributed by atoms with van der Waals surface area (Å²) in [5, 5.41) is 9.15. The number of furan rings is 1. The predicted molar refractivity (Wildman–Crippen MR) is 111 cm³/mol. The van der Waals surface area contributed by atoms with Crippen LogP contribution >= 0.6 is 11.8 Å². The Balaban J connectivity index is 1.63. The van der Waals surface area contributed by atoms with Crippen molar-refractivity contribution in [1.29, 1.82) is 0 Å². The van der Waals surface area contributed by atoms with E-state index in [1.165, 1.54) is 24.9 Å². The molecule has 0 aliphatic carbocycles. The van der Waals surface area contributed by atoms with E-state index in [1.807, 2.05) is 34.9 Å². The van der Waals surface area contributed by atoms with Gasteiger partial charge in [0.1, 0.15) is 11.6 Å². The van der Waals surface area contributed by atoms with E-state index in [-0.39, 0.29) is 11.6 Å². The van der Waals surface area contributed by atoms with E-state index >= 15 is 0 Å². The molecule has 0 spiro atoms. The molecule has 0 N–H and O–H groups in total. The van der Waals surface area contributed by atoms with Crippen molar-refractivity contribution < 1.29 is 18.3 Å². The van der Waals surface area contributed by atoms with Crippen molar-refractivity contribution >= 4 is 17.7 Å². The molecule has 152 valence electrons. The Morgan fingerprint density at radius 1 is 1.07 bits per heavy atom. The van der Waals surface area contributed by atoms with Crippen molar-refractivity contribution in [1.82, 2.24) is 14.8 Å². The zero-order valence-corrected chi connectivity index (χ0v) is 16.9. The third-order valence-corrected chi connectivity index (χ3v) is 5.40. The average Bonchev–Trinajstić information content (AvgIpc) is 3.40. The molecule has 6 nitrogen and oxygen atoms in total. The van der Waals surface area contributed by atoms with Crippen molar-refractivity contribution in [2.24, 2.45) is 0 Å². The van der Waals surface area contributed by atoms with Gasteiger partial charge in [0, 0.05) is 0 Å². The molecule has 0 atom stereocenters. The van der Waals surface area contributed by atoms with Crippen LogP contribution in [0.5, 0.6) is 0 Å². The molecule has 8 heteroatoms. The van der Waals surface area contributed by atoms with Crippen LogP contribution < -0.4 is 0 Å². The highest BCUT2D eigenvalue weighted by Gasteiger charge is 2.18. The van der Waals surface area contributed by atoms with Crippen molar-refractivity contribution in [2.45, 2.75) is 17.5 Å². The van der Waals surface area contributed by atoms with E-state index in [0.29, 0.717) is 34.6 Å². The lowest BCUT2D eigenvalue weighted by atomic mass is 10.2. The maximum Gasteiger partial charge on any atom is 0.373 e. The molecule has 0 saturated carbocycles. The lowest BCUT2D eigenvalue weighted by Gasteiger charge is -2.10. The van der Waals surface area contributed by atoms with Crippen LogP contribution in [-0.4, -0.2) is 27.8 Å². The molecule has 0 bridgehead atoms. The number of rotatable bonds is 7. The molecular formula is C22H18FN3O3S. The summed E-state index contributed by atoms with van der Waals surface area (Å²) < 4.78 is 26.5. The highest BCUT2D eigenvalue weighted by atomic mass is 32.2. The van der Waals surface area contributed by atoms with Gasteiger partial charge in [-0.2, -0.15) is 0 Å². The Morgan fingerprint density at radius 3 is 2.60 bits per heavy atom. The lowest BCUT2D eigenvalue weighted by molar-refractivity contribution is 0.0563. The first kappa shape index (κ1) is 19.9. The summed E-state index contributed by atoms with van der Waals surface area (Å²) in [5.74, 6) is 0.744. The molecule has 0 fully saturated rings. The van der Waals surface area contributed by atoms with Gasteiger partial charge in [0.15, 0.2) is 11.0 Å². The van der Waals surface area contributed by atoms with Crippen molar-refractivity contribution in [2.75, 3.05) is 7.11 Å². The summed E-state index contributed by atoms with van der Waals surface area (Å²) in [5.41, 5.74) is 1.43. The number of carbonyl (C=O) groups excluding carboxylic acids is 1. The van der Waals surface area contributed by atoms with Gasteiger partial charge in [0.2, 0.25) is 5.76 Å². The third-order valence-electron chi connectivity index (χ3n) is 4.41. The Hall–Kier alpha value is -3.39. The second kappa shape index (κ2) is 8.96. The first-order chi connectivity index (χ1) is 14.7. The fourth-order valence-corrected chi connectivity index (χ4v) is 3.78. The highest BCUT2D eigenvalue weighted by molar-refractivity contribution is 7.98. The summed E-state index contributed by atoms with van der Waals surface area (Å²) in [4.78, 5) is 11.6. The Bertz CT molecular complexity index is 1160. The molecule has 2 heterocycles. The number of esters is 1. The third kappa shape index (κ3) is 4.28. The zero-order valence-electron chi connectivity index (χ0n) is 16.1. The first-order valence-electron chi connectivity index (χ1n) is 9.17. The Labute approximate surface area is 176 Å². The monoisotopic (exact) mass is 423 g/mol. The lowest BCUT2D eigenvalue weighted by Crippen LogP contribution is -2.05. The summed E-state index contributed by atoms with van der Waals surface area (Å²) in [6.45, 7) is 0.491. The number of methoxy groups -OCH3 is 1. The first-order valence-corrected chi connectivity index (χ1v) is 10.2. The van der Waals surface area contributed by atoms with Crippen LogP contribution in [0, 0.1) is 5.82 Å². The van der Waals surface area contributed by atoms with Crippen LogP contribution in [0.3, 0.4) is 0 Å². The number of halogens is 1. The zero-order chi connectivity index (χ0) is 20.9. The van der Waals surface area contributed by atoms with Gasteiger partial charge < -0.3 is 9.15 Å². The fraction of sp³-hybridized carbons (Fsp3) is 0.136. The molecule has 0 aliphatic rings. The van der Waals surface area contributed by atoms with Crippen LogP contribution in [0.1, 0.15) is 21.9 Å². The van der Waals surface area contributed by atoms with E-state index < -0.39 is 5.97 Å². The van der Waals surface area contributed by atoms with Crippen LogP contribution in [0.2, 0.25) is 0 Å². The minimum Gasteiger partial charge on any atom is -0.463 e. The van der Waals surface area contributed by atoms with E-state index in [0.717, 1.165) is 5.56 Å². The number of nitrogens with zero attached hydrogens (tertiary/aromatic N) is 3. The summed E-state index contributed by atoms with van der Waals surface area (Å²) in [6, 6.07) is 19.6. The van der Waals surface area contributed by atoms with Gasteiger partial charge in [-0.05, 0) is 29.8 Å². The molecule has 2 aromatic heterocycles. The number of aromatic nitrogens is 3. The van der Waals surface area contributed by atoms with Gasteiger partial charge in [0.25, 0.3) is 0 Å². The number of hydrogen-bond donors (Lipinski definition) is 0. The second-order valence-electron chi connectivity index (χ2n) is 6.40. The molecule has 2 aromatic carbocycles. The maximum atomic E-state index is 14.4. The molecule has 0 amide bonds. The Morgan fingerprint density at radius 2 is 1.83 bits per heavy atom. The van der Waals surface area contributed by atoms with Crippen molar-refractivity contribution in [3.8, 4) is 11.4 Å². The summed E-state index contributed by atoms with van der Waals surface area (Å²) >= 11 is 1.39. The number of ether oxygens (including phenoxy) is 1. The van der Waals surface area contributed by atoms with Gasteiger partial charge in [0.05, 0.1) is 25.0 Å². The largest absolute Gasteiger partial charge is 0.463 e. The van der Waals surface area contributed by atoms with E-state index in [4.69, 9.17) is 4.42 Å². The van der Waals surface area contributed by atoms with Gasteiger partial charge in [-0.15, -0.1) is 10.2 Å². The standard InChI is InChI=1S/C22H18FN3O3S/c1-28-21(27)19-12-11-16(29-19)14-30-22-25-24-20(17-9-5-6-10-18(17)23)26(22)13-15-7-3-2-4-8-15/h2-12H,13-14H2,1H3. The molecule has 4 aromatic rings. The van der Waals surface area contributed by atoms with E-state index in [1.54, 1.807) is 30.3 Å². The molecule has 0 saturated heterocycles. The smallest absolute Gasteiger partial charge is 0.373 e. The van der Waals surface area contributed by atoms with Gasteiger partial charge in [-0.1, -0.05) is 54.2 Å². The van der Waals surface area contributed by atoms with Gasteiger partial charge in [-0.3, -0.25) is 4.57 Å². The normalized spacial score (nSPS) is 10.9. The quantitative estimate of drug-likeness (QED) is 0.314. The van der Waals surface area contributed by atoms with Crippen LogP contribution in [-0.2, 0) is 17.0 Å². The number of carbonyl (C=O) groups is 1. The predicted octanol–water partition coefficient (Wildman–Crippen LogP) is 4.80. The number of benzene rings is 2. The van der Waals surface area contributed by atoms with E-state index in [2.05, 4.69) is 14.9 Å². The molecule has 0 aliphatic heterocycles. The van der Waals surface area contributed by atoms with Gasteiger partial charge >= 0.3 is 5.97 Å². The van der Waals surface area contributed by atoms with Gasteiger partial charge in [-0.25, -0.2) is 9.18 Å². The minimum atomic E-state index is -0.527. The summed E-state index contributed by atoms with van der Waals surface area (Å²) in [7, 11) is 1.30. The SMILES string of the molecule is COC(=O)c1ccc(CSc2nnc(-c3ccccc3F)n2Cc2ccccc2)o1. The van der Waals surface area contributed by atoms with Crippen molar-refractivity contribution in [3.63, 3.8) is 0 Å².